The summed E-state index contributed by atoms with van der Waals surface area (Å²) in [5.41, 5.74) is 6.24. The summed E-state index contributed by atoms with van der Waals surface area (Å²) in [6.07, 6.45) is 0. The lowest BCUT2D eigenvalue weighted by Gasteiger charge is -2.08. The number of nitrogen functional groups attached to an aromatic ring is 1. The van der Waals surface area contributed by atoms with Crippen LogP contribution in [0.2, 0.25) is 0 Å². The summed E-state index contributed by atoms with van der Waals surface area (Å²) >= 11 is -2.55. The van der Waals surface area contributed by atoms with Crippen molar-refractivity contribution in [2.45, 2.75) is 0 Å². The van der Waals surface area contributed by atoms with Crippen LogP contribution >= 0.6 is 0 Å². The van der Waals surface area contributed by atoms with Crippen LogP contribution in [0.5, 0.6) is 5.75 Å². The smallest absolute Gasteiger partial charge is 0.139 e. The molecule has 0 aromatic heterocycles. The zero-order valence-corrected chi connectivity index (χ0v) is 8.49. The van der Waals surface area contributed by atoms with Gasteiger partial charge in [0.2, 0.25) is 0 Å². The number of fused-ring (bicyclic) bond motifs is 1. The summed E-state index contributed by atoms with van der Waals surface area (Å²) in [6.45, 7) is 0. The molecule has 2 N–H and O–H groups in total. The fraction of sp³-hybridized carbons (Fsp3) is 0. The lowest BCUT2D eigenvalue weighted by atomic mass is 10.1. The minimum atomic E-state index is -2.55. The molecule has 0 radical (unpaired) electrons. The largest absolute Gasteiger partial charge is 0.740 e. The van der Waals surface area contributed by atoms with Crippen LogP contribution in [0.4, 0.5) is 5.69 Å². The standard InChI is InChI=1S/C10H9NO3S/c11-9-3-1-7-2-4-10(14-15(12)13)6-8(7)5-9/h1-6H,11H2,(H,12,13)/p-1. The van der Waals surface area contributed by atoms with Crippen molar-refractivity contribution in [3.63, 3.8) is 0 Å². The summed E-state index contributed by atoms with van der Waals surface area (Å²) in [7, 11) is 0. The molecule has 0 bridgehead atoms. The highest BCUT2D eigenvalue weighted by atomic mass is 32.2. The summed E-state index contributed by atoms with van der Waals surface area (Å²) in [4.78, 5) is 0. The van der Waals surface area contributed by atoms with Gasteiger partial charge >= 0.3 is 0 Å². The highest BCUT2D eigenvalue weighted by molar-refractivity contribution is 7.74. The Labute approximate surface area is 89.2 Å². The molecule has 15 heavy (non-hydrogen) atoms. The van der Waals surface area contributed by atoms with Crippen molar-refractivity contribution in [3.05, 3.63) is 36.4 Å². The maximum absolute atomic E-state index is 10.3. The van der Waals surface area contributed by atoms with E-state index in [1.807, 2.05) is 6.07 Å². The lowest BCUT2D eigenvalue weighted by molar-refractivity contribution is 0.440. The Kier molecular flexibility index (Phi) is 2.57. The van der Waals surface area contributed by atoms with E-state index in [4.69, 9.17) is 5.73 Å². The van der Waals surface area contributed by atoms with E-state index >= 15 is 0 Å². The zero-order valence-electron chi connectivity index (χ0n) is 7.67. The maximum atomic E-state index is 10.3. The molecule has 2 aromatic rings. The van der Waals surface area contributed by atoms with Crippen molar-refractivity contribution in [2.75, 3.05) is 5.73 Å². The van der Waals surface area contributed by atoms with Gasteiger partial charge in [0, 0.05) is 5.69 Å². The van der Waals surface area contributed by atoms with Gasteiger partial charge < -0.3 is 14.5 Å². The van der Waals surface area contributed by atoms with E-state index in [1.54, 1.807) is 30.3 Å². The molecule has 0 saturated carbocycles. The Morgan fingerprint density at radius 2 is 1.87 bits per heavy atom. The minimum absolute atomic E-state index is 0.279. The van der Waals surface area contributed by atoms with Crippen molar-refractivity contribution >= 4 is 27.8 Å². The summed E-state index contributed by atoms with van der Waals surface area (Å²) in [6, 6.07) is 10.4. The molecular formula is C10H8NO3S-. The molecule has 0 fully saturated rings. The van der Waals surface area contributed by atoms with E-state index in [0.29, 0.717) is 5.69 Å². The van der Waals surface area contributed by atoms with E-state index in [1.165, 1.54) is 0 Å². The average Bonchev–Trinajstić information content (AvgIpc) is 2.16. The molecule has 0 heterocycles. The Morgan fingerprint density at radius 3 is 2.60 bits per heavy atom. The molecule has 1 unspecified atom stereocenters. The summed E-state index contributed by atoms with van der Waals surface area (Å²) in [5.74, 6) is 0.279. The molecule has 5 heteroatoms. The second-order valence-electron chi connectivity index (χ2n) is 3.06. The fourth-order valence-corrected chi connectivity index (χ4v) is 1.63. The molecule has 78 valence electrons. The molecule has 0 saturated heterocycles. The maximum Gasteiger partial charge on any atom is 0.139 e. The van der Waals surface area contributed by atoms with Gasteiger partial charge in [-0.3, -0.25) is 0 Å². The van der Waals surface area contributed by atoms with Gasteiger partial charge in [0.15, 0.2) is 0 Å². The third-order valence-corrected chi connectivity index (χ3v) is 2.33. The van der Waals surface area contributed by atoms with Crippen LogP contribution in [0.1, 0.15) is 0 Å². The number of nitrogens with two attached hydrogens (primary N) is 1. The van der Waals surface area contributed by atoms with Gasteiger partial charge in [-0.05, 0) is 35.0 Å². The van der Waals surface area contributed by atoms with E-state index in [2.05, 4.69) is 4.18 Å². The number of benzene rings is 2. The summed E-state index contributed by atoms with van der Waals surface area (Å²) in [5, 5.41) is 1.83. The van der Waals surface area contributed by atoms with Crippen LogP contribution < -0.4 is 9.92 Å². The SMILES string of the molecule is Nc1ccc2ccc(OS(=O)[O-])cc2c1. The molecule has 4 nitrogen and oxygen atoms in total. The third-order valence-electron chi connectivity index (χ3n) is 2.00. The van der Waals surface area contributed by atoms with E-state index in [0.717, 1.165) is 10.8 Å². The molecule has 0 aliphatic carbocycles. The second-order valence-corrected chi connectivity index (χ2v) is 3.63. The Hall–Kier alpha value is -1.59. The highest BCUT2D eigenvalue weighted by Crippen LogP contribution is 2.23. The topological polar surface area (TPSA) is 75.4 Å². The molecule has 2 aromatic carbocycles. The third kappa shape index (κ3) is 2.26. The van der Waals surface area contributed by atoms with Crippen molar-refractivity contribution in [1.82, 2.24) is 0 Å². The van der Waals surface area contributed by atoms with Crippen LogP contribution in [0.15, 0.2) is 36.4 Å². The quantitative estimate of drug-likeness (QED) is 0.618. The predicted octanol–water partition coefficient (Wildman–Crippen LogP) is 1.59. The molecule has 1 atom stereocenters. The van der Waals surface area contributed by atoms with Gasteiger partial charge in [-0.1, -0.05) is 12.1 Å². The average molecular weight is 222 g/mol. The number of hydrogen-bond donors (Lipinski definition) is 1. The van der Waals surface area contributed by atoms with Crippen LogP contribution in [0.25, 0.3) is 10.8 Å². The number of hydrogen-bond acceptors (Lipinski definition) is 4. The minimum Gasteiger partial charge on any atom is -0.740 e. The first-order valence-corrected chi connectivity index (χ1v) is 5.22. The van der Waals surface area contributed by atoms with Crippen LogP contribution in [-0.2, 0) is 11.4 Å². The molecule has 2 rings (SSSR count). The lowest BCUT2D eigenvalue weighted by Crippen LogP contribution is -1.97. The van der Waals surface area contributed by atoms with Gasteiger partial charge in [0.25, 0.3) is 0 Å². The molecule has 0 spiro atoms. The van der Waals surface area contributed by atoms with E-state index in [-0.39, 0.29) is 5.75 Å². The normalized spacial score (nSPS) is 12.6. The van der Waals surface area contributed by atoms with Crippen molar-refractivity contribution in [3.8, 4) is 5.75 Å². The molecule has 0 amide bonds. The number of anilines is 1. The predicted molar refractivity (Wildman–Crippen MR) is 57.9 cm³/mol. The van der Waals surface area contributed by atoms with Crippen molar-refractivity contribution in [2.24, 2.45) is 0 Å². The van der Waals surface area contributed by atoms with Crippen LogP contribution in [-0.4, -0.2) is 8.76 Å². The monoisotopic (exact) mass is 222 g/mol. The summed E-state index contributed by atoms with van der Waals surface area (Å²) < 4.78 is 25.2. The van der Waals surface area contributed by atoms with Crippen molar-refractivity contribution in [1.29, 1.82) is 0 Å². The van der Waals surface area contributed by atoms with Gasteiger partial charge in [-0.2, -0.15) is 0 Å². The first-order valence-electron chi connectivity index (χ1n) is 4.22. The first-order chi connectivity index (χ1) is 7.15. The highest BCUT2D eigenvalue weighted by Gasteiger charge is 1.98. The Morgan fingerprint density at radius 1 is 1.13 bits per heavy atom. The van der Waals surface area contributed by atoms with Crippen LogP contribution in [0, 0.1) is 0 Å². The Bertz CT molecular complexity index is 527. The molecule has 0 aliphatic heterocycles. The van der Waals surface area contributed by atoms with Gasteiger partial charge in [0.1, 0.15) is 17.1 Å². The van der Waals surface area contributed by atoms with Gasteiger partial charge in [-0.25, -0.2) is 4.21 Å². The zero-order chi connectivity index (χ0) is 10.8. The first kappa shape index (κ1) is 9.95. The van der Waals surface area contributed by atoms with Crippen LogP contribution in [0.3, 0.4) is 0 Å². The molecule has 0 aliphatic rings. The fourth-order valence-electron chi connectivity index (χ4n) is 1.37. The second kappa shape index (κ2) is 3.88. The van der Waals surface area contributed by atoms with Crippen molar-refractivity contribution < 1.29 is 12.9 Å². The Balaban J connectivity index is 2.49. The van der Waals surface area contributed by atoms with Gasteiger partial charge in [-0.15, -0.1) is 0 Å². The molecular weight excluding hydrogens is 214 g/mol. The van der Waals surface area contributed by atoms with Gasteiger partial charge in [0.05, 0.1) is 0 Å². The van der Waals surface area contributed by atoms with E-state index < -0.39 is 11.4 Å². The van der Waals surface area contributed by atoms with E-state index in [9.17, 15) is 8.76 Å². The number of rotatable bonds is 2.